The van der Waals surface area contributed by atoms with Gasteiger partial charge in [-0.25, -0.2) is 9.78 Å². The summed E-state index contributed by atoms with van der Waals surface area (Å²) in [6.45, 7) is 0. The molecule has 3 aromatic rings. The molecule has 0 unspecified atom stereocenters. The zero-order valence-electron chi connectivity index (χ0n) is 9.33. The van der Waals surface area contributed by atoms with Gasteiger partial charge in [0.25, 0.3) is 0 Å². The molecule has 0 spiro atoms. The summed E-state index contributed by atoms with van der Waals surface area (Å²) >= 11 is 0. The van der Waals surface area contributed by atoms with Crippen LogP contribution in [-0.4, -0.2) is 16.1 Å². The van der Waals surface area contributed by atoms with Crippen molar-refractivity contribution in [3.63, 3.8) is 0 Å². The van der Waals surface area contributed by atoms with Gasteiger partial charge in [-0.15, -0.1) is 0 Å². The predicted octanol–water partition coefficient (Wildman–Crippen LogP) is 3.19. The fraction of sp³-hybridized carbons (Fsp3) is 0. The Morgan fingerprint density at radius 1 is 1.11 bits per heavy atom. The Morgan fingerprint density at radius 2 is 1.89 bits per heavy atom. The molecular weight excluding hydrogens is 230 g/mol. The van der Waals surface area contributed by atoms with Crippen LogP contribution in [0.2, 0.25) is 0 Å². The van der Waals surface area contributed by atoms with Gasteiger partial charge < -0.3 is 9.52 Å². The van der Waals surface area contributed by atoms with E-state index >= 15 is 0 Å². The van der Waals surface area contributed by atoms with E-state index in [2.05, 4.69) is 4.98 Å². The molecule has 1 N–H and O–H groups in total. The smallest absolute Gasteiger partial charge is 0.357 e. The molecule has 18 heavy (non-hydrogen) atoms. The van der Waals surface area contributed by atoms with Gasteiger partial charge in [-0.3, -0.25) is 0 Å². The van der Waals surface area contributed by atoms with Gasteiger partial charge in [0.05, 0.1) is 0 Å². The second kappa shape index (κ2) is 4.00. The van der Waals surface area contributed by atoms with Gasteiger partial charge in [0.15, 0.2) is 5.69 Å². The van der Waals surface area contributed by atoms with Crippen LogP contribution in [0, 0.1) is 0 Å². The first-order chi connectivity index (χ1) is 8.74. The van der Waals surface area contributed by atoms with Crippen molar-refractivity contribution < 1.29 is 14.3 Å². The van der Waals surface area contributed by atoms with Gasteiger partial charge in [0, 0.05) is 5.56 Å². The highest BCUT2D eigenvalue weighted by Crippen LogP contribution is 2.23. The molecule has 0 aliphatic heterocycles. The molecule has 0 amide bonds. The Labute approximate surface area is 103 Å². The number of carboxylic acid groups (broad SMARTS) is 1. The van der Waals surface area contributed by atoms with Crippen LogP contribution in [0.25, 0.3) is 22.2 Å². The van der Waals surface area contributed by atoms with E-state index in [1.165, 1.54) is 0 Å². The number of benzene rings is 2. The summed E-state index contributed by atoms with van der Waals surface area (Å²) in [5.74, 6) is -0.774. The number of carbonyl (C=O) groups is 1. The lowest BCUT2D eigenvalue weighted by atomic mass is 10.1. The van der Waals surface area contributed by atoms with Gasteiger partial charge in [-0.2, -0.15) is 0 Å². The fourth-order valence-corrected chi connectivity index (χ4v) is 1.83. The van der Waals surface area contributed by atoms with E-state index in [1.54, 1.807) is 0 Å². The maximum atomic E-state index is 10.7. The van der Waals surface area contributed by atoms with Gasteiger partial charge >= 0.3 is 5.97 Å². The normalized spacial score (nSPS) is 10.7. The first kappa shape index (κ1) is 10.5. The van der Waals surface area contributed by atoms with Crippen LogP contribution in [0.3, 0.4) is 0 Å². The Balaban J connectivity index is 2.10. The Bertz CT molecular complexity index is 730. The number of hydrogen-bond acceptors (Lipinski definition) is 3. The first-order valence-corrected chi connectivity index (χ1v) is 5.42. The van der Waals surface area contributed by atoms with E-state index in [0.29, 0.717) is 5.89 Å². The third-order valence-electron chi connectivity index (χ3n) is 2.72. The molecule has 0 bridgehead atoms. The Morgan fingerprint density at radius 3 is 2.61 bits per heavy atom. The molecule has 0 fully saturated rings. The molecule has 4 nitrogen and oxygen atoms in total. The van der Waals surface area contributed by atoms with Crippen molar-refractivity contribution in [1.29, 1.82) is 0 Å². The molecule has 0 atom stereocenters. The van der Waals surface area contributed by atoms with Crippen molar-refractivity contribution in [2.24, 2.45) is 0 Å². The zero-order valence-corrected chi connectivity index (χ0v) is 9.33. The summed E-state index contributed by atoms with van der Waals surface area (Å²) in [7, 11) is 0. The van der Waals surface area contributed by atoms with E-state index in [-0.39, 0.29) is 5.69 Å². The molecule has 88 valence electrons. The monoisotopic (exact) mass is 239 g/mol. The third-order valence-corrected chi connectivity index (χ3v) is 2.72. The van der Waals surface area contributed by atoms with Crippen molar-refractivity contribution in [1.82, 2.24) is 4.98 Å². The number of aromatic carboxylic acids is 1. The van der Waals surface area contributed by atoms with Gasteiger partial charge in [-0.05, 0) is 22.9 Å². The number of fused-ring (bicyclic) bond motifs is 1. The number of rotatable bonds is 2. The molecule has 0 aliphatic rings. The number of aromatic nitrogens is 1. The number of nitrogens with zero attached hydrogens (tertiary/aromatic N) is 1. The highest BCUT2D eigenvalue weighted by Gasteiger charge is 2.11. The van der Waals surface area contributed by atoms with Crippen molar-refractivity contribution in [3.8, 4) is 11.5 Å². The van der Waals surface area contributed by atoms with E-state index in [4.69, 9.17) is 9.52 Å². The summed E-state index contributed by atoms with van der Waals surface area (Å²) in [4.78, 5) is 14.7. The highest BCUT2D eigenvalue weighted by molar-refractivity contribution is 5.87. The number of carboxylic acids is 1. The molecule has 4 heteroatoms. The van der Waals surface area contributed by atoms with Gasteiger partial charge in [0.2, 0.25) is 5.89 Å². The van der Waals surface area contributed by atoms with E-state index in [9.17, 15) is 4.79 Å². The molecular formula is C14H9NO3. The second-order valence-corrected chi connectivity index (χ2v) is 3.90. The molecule has 0 aliphatic carbocycles. The molecule has 2 aromatic carbocycles. The largest absolute Gasteiger partial charge is 0.476 e. The van der Waals surface area contributed by atoms with E-state index in [1.807, 2.05) is 42.5 Å². The summed E-state index contributed by atoms with van der Waals surface area (Å²) in [6, 6.07) is 13.7. The predicted molar refractivity (Wildman–Crippen MR) is 66.4 cm³/mol. The summed E-state index contributed by atoms with van der Waals surface area (Å²) < 4.78 is 5.17. The maximum Gasteiger partial charge on any atom is 0.357 e. The fourth-order valence-electron chi connectivity index (χ4n) is 1.83. The highest BCUT2D eigenvalue weighted by atomic mass is 16.4. The topological polar surface area (TPSA) is 63.3 Å². The van der Waals surface area contributed by atoms with Gasteiger partial charge in [0.1, 0.15) is 6.26 Å². The minimum absolute atomic E-state index is 0.0850. The van der Waals surface area contributed by atoms with Crippen molar-refractivity contribution in [2.75, 3.05) is 0 Å². The van der Waals surface area contributed by atoms with Crippen molar-refractivity contribution >= 4 is 16.7 Å². The molecule has 0 saturated carbocycles. The Kier molecular flexibility index (Phi) is 2.34. The molecule has 0 saturated heterocycles. The van der Waals surface area contributed by atoms with Crippen LogP contribution in [0.1, 0.15) is 10.5 Å². The molecule has 0 radical (unpaired) electrons. The summed E-state index contributed by atoms with van der Waals surface area (Å²) in [5, 5.41) is 11.0. The lowest BCUT2D eigenvalue weighted by molar-refractivity contribution is 0.0690. The van der Waals surface area contributed by atoms with E-state index < -0.39 is 5.97 Å². The SMILES string of the molecule is O=C(O)c1coc(-c2ccc3ccccc3c2)n1. The number of oxazole rings is 1. The summed E-state index contributed by atoms with van der Waals surface area (Å²) in [5.41, 5.74) is 0.680. The van der Waals surface area contributed by atoms with Crippen LogP contribution in [0.4, 0.5) is 0 Å². The third kappa shape index (κ3) is 1.73. The summed E-state index contributed by atoms with van der Waals surface area (Å²) in [6.07, 6.45) is 1.15. The van der Waals surface area contributed by atoms with Gasteiger partial charge in [-0.1, -0.05) is 30.3 Å². The van der Waals surface area contributed by atoms with Crippen LogP contribution in [-0.2, 0) is 0 Å². The van der Waals surface area contributed by atoms with Crippen molar-refractivity contribution in [2.45, 2.75) is 0 Å². The molecule has 3 rings (SSSR count). The lowest BCUT2D eigenvalue weighted by Gasteiger charge is -1.99. The minimum atomic E-state index is -1.09. The Hall–Kier alpha value is -2.62. The second-order valence-electron chi connectivity index (χ2n) is 3.90. The van der Waals surface area contributed by atoms with Crippen LogP contribution in [0.15, 0.2) is 53.1 Å². The lowest BCUT2D eigenvalue weighted by Crippen LogP contribution is -1.95. The van der Waals surface area contributed by atoms with E-state index in [0.717, 1.165) is 22.6 Å². The quantitative estimate of drug-likeness (QED) is 0.745. The minimum Gasteiger partial charge on any atom is -0.476 e. The van der Waals surface area contributed by atoms with Crippen LogP contribution >= 0.6 is 0 Å². The zero-order chi connectivity index (χ0) is 12.5. The van der Waals surface area contributed by atoms with Crippen molar-refractivity contribution in [3.05, 3.63) is 54.4 Å². The van der Waals surface area contributed by atoms with Crippen LogP contribution < -0.4 is 0 Å². The average molecular weight is 239 g/mol. The van der Waals surface area contributed by atoms with Crippen LogP contribution in [0.5, 0.6) is 0 Å². The molecule has 1 aromatic heterocycles. The maximum absolute atomic E-state index is 10.7. The molecule has 1 heterocycles. The first-order valence-electron chi connectivity index (χ1n) is 5.42. The standard InChI is InChI=1S/C14H9NO3/c16-14(17)12-8-18-13(15-12)11-6-5-9-3-1-2-4-10(9)7-11/h1-8H,(H,16,17). The average Bonchev–Trinajstić information content (AvgIpc) is 2.88. The number of hydrogen-bond donors (Lipinski definition) is 1.